The highest BCUT2D eigenvalue weighted by molar-refractivity contribution is 9.11. The molecule has 7 heteroatoms. The zero-order chi connectivity index (χ0) is 13.3. The summed E-state index contributed by atoms with van der Waals surface area (Å²) in [6.07, 6.45) is 0. The molecule has 2 aromatic rings. The number of anilines is 1. The standard InChI is InChI=1S/C11H8Br2N2O2S/c1-5-4-18-11(14-5)15-10(17)7-2-6(12)3-8(13)9(7)16/h2-4,16H,1H3,(H,14,15,17). The molecule has 0 atom stereocenters. The number of hydrogen-bond donors (Lipinski definition) is 2. The van der Waals surface area contributed by atoms with Gasteiger partial charge in [0.1, 0.15) is 5.75 Å². The lowest BCUT2D eigenvalue weighted by molar-refractivity contribution is 0.102. The molecule has 94 valence electrons. The van der Waals surface area contributed by atoms with E-state index in [1.165, 1.54) is 11.3 Å². The highest BCUT2D eigenvalue weighted by Crippen LogP contribution is 2.32. The molecule has 1 heterocycles. The van der Waals surface area contributed by atoms with Crippen LogP contribution in [-0.2, 0) is 0 Å². The van der Waals surface area contributed by atoms with E-state index in [0.717, 1.165) is 5.69 Å². The number of carbonyl (C=O) groups excluding carboxylic acids is 1. The van der Waals surface area contributed by atoms with Gasteiger partial charge in [0.25, 0.3) is 5.91 Å². The van der Waals surface area contributed by atoms with Crippen molar-refractivity contribution in [2.45, 2.75) is 6.92 Å². The van der Waals surface area contributed by atoms with E-state index < -0.39 is 5.91 Å². The Hall–Kier alpha value is -0.920. The van der Waals surface area contributed by atoms with Gasteiger partial charge in [-0.1, -0.05) is 15.9 Å². The number of amides is 1. The number of aryl methyl sites for hydroxylation is 1. The van der Waals surface area contributed by atoms with Crippen molar-refractivity contribution in [3.05, 3.63) is 37.7 Å². The van der Waals surface area contributed by atoms with Crippen molar-refractivity contribution >= 4 is 54.2 Å². The van der Waals surface area contributed by atoms with Crippen molar-refractivity contribution in [2.24, 2.45) is 0 Å². The first-order valence-electron chi connectivity index (χ1n) is 4.89. The van der Waals surface area contributed by atoms with E-state index in [-0.39, 0.29) is 11.3 Å². The van der Waals surface area contributed by atoms with Gasteiger partial charge in [-0.3, -0.25) is 10.1 Å². The lowest BCUT2D eigenvalue weighted by atomic mass is 10.2. The SMILES string of the molecule is Cc1csc(NC(=O)c2cc(Br)cc(Br)c2O)n1. The van der Waals surface area contributed by atoms with Crippen molar-refractivity contribution in [3.63, 3.8) is 0 Å². The van der Waals surface area contributed by atoms with Gasteiger partial charge in [0, 0.05) is 9.85 Å². The van der Waals surface area contributed by atoms with Crippen LogP contribution in [0.5, 0.6) is 5.75 Å². The molecule has 0 bridgehead atoms. The number of thiazole rings is 1. The molecule has 0 saturated heterocycles. The topological polar surface area (TPSA) is 62.2 Å². The van der Waals surface area contributed by atoms with Gasteiger partial charge in [-0.15, -0.1) is 11.3 Å². The Morgan fingerprint density at radius 2 is 2.17 bits per heavy atom. The molecule has 2 N–H and O–H groups in total. The molecule has 4 nitrogen and oxygen atoms in total. The second kappa shape index (κ2) is 5.38. The summed E-state index contributed by atoms with van der Waals surface area (Å²) in [7, 11) is 0. The maximum atomic E-state index is 12.0. The van der Waals surface area contributed by atoms with Crippen molar-refractivity contribution in [1.82, 2.24) is 4.98 Å². The Morgan fingerprint density at radius 3 is 2.78 bits per heavy atom. The van der Waals surface area contributed by atoms with Crippen LogP contribution in [0.2, 0.25) is 0 Å². The molecule has 1 amide bonds. The first kappa shape index (κ1) is 13.5. The van der Waals surface area contributed by atoms with Gasteiger partial charge in [0.05, 0.1) is 15.7 Å². The number of benzene rings is 1. The van der Waals surface area contributed by atoms with Gasteiger partial charge in [0.2, 0.25) is 0 Å². The van der Waals surface area contributed by atoms with Gasteiger partial charge >= 0.3 is 0 Å². The van der Waals surface area contributed by atoms with Crippen LogP contribution in [0.3, 0.4) is 0 Å². The minimum Gasteiger partial charge on any atom is -0.506 e. The minimum atomic E-state index is -0.399. The van der Waals surface area contributed by atoms with Gasteiger partial charge in [-0.25, -0.2) is 4.98 Å². The first-order chi connectivity index (χ1) is 8.47. The number of nitrogens with zero attached hydrogens (tertiary/aromatic N) is 1. The Bertz CT molecular complexity index is 613. The molecule has 0 unspecified atom stereocenters. The van der Waals surface area contributed by atoms with E-state index in [4.69, 9.17) is 0 Å². The second-order valence-electron chi connectivity index (χ2n) is 3.53. The van der Waals surface area contributed by atoms with Crippen LogP contribution in [0, 0.1) is 6.92 Å². The zero-order valence-electron chi connectivity index (χ0n) is 9.20. The molecule has 0 saturated carbocycles. The van der Waals surface area contributed by atoms with Crippen molar-refractivity contribution in [2.75, 3.05) is 5.32 Å². The van der Waals surface area contributed by atoms with Crippen LogP contribution < -0.4 is 5.32 Å². The largest absolute Gasteiger partial charge is 0.506 e. The summed E-state index contributed by atoms with van der Waals surface area (Å²) in [5, 5.41) is 14.8. The molecule has 0 radical (unpaired) electrons. The average Bonchev–Trinajstić information content (AvgIpc) is 2.69. The van der Waals surface area contributed by atoms with E-state index >= 15 is 0 Å². The summed E-state index contributed by atoms with van der Waals surface area (Å²) in [4.78, 5) is 16.1. The number of phenols is 1. The number of carbonyl (C=O) groups is 1. The molecule has 0 fully saturated rings. The van der Waals surface area contributed by atoms with Crippen LogP contribution in [-0.4, -0.2) is 16.0 Å². The molecule has 0 aliphatic rings. The number of halogens is 2. The summed E-state index contributed by atoms with van der Waals surface area (Å²) in [5.41, 5.74) is 1.03. The van der Waals surface area contributed by atoms with Crippen LogP contribution in [0.25, 0.3) is 0 Å². The van der Waals surface area contributed by atoms with Crippen LogP contribution in [0.15, 0.2) is 26.5 Å². The van der Waals surface area contributed by atoms with E-state index in [1.54, 1.807) is 12.1 Å². The molecule has 0 aliphatic heterocycles. The molecule has 2 rings (SSSR count). The summed E-state index contributed by atoms with van der Waals surface area (Å²) in [6.45, 7) is 1.85. The fourth-order valence-corrected chi connectivity index (χ4v) is 3.22. The van der Waals surface area contributed by atoms with E-state index in [9.17, 15) is 9.90 Å². The lowest BCUT2D eigenvalue weighted by Gasteiger charge is -2.06. The lowest BCUT2D eigenvalue weighted by Crippen LogP contribution is -2.12. The number of phenolic OH excluding ortho intramolecular Hbond substituents is 1. The Labute approximate surface area is 124 Å². The minimum absolute atomic E-state index is 0.0935. The smallest absolute Gasteiger partial charge is 0.261 e. The quantitative estimate of drug-likeness (QED) is 0.814. The molecule has 1 aromatic heterocycles. The number of hydrogen-bond acceptors (Lipinski definition) is 4. The molecule has 0 aliphatic carbocycles. The monoisotopic (exact) mass is 390 g/mol. The number of aromatic hydroxyl groups is 1. The van der Waals surface area contributed by atoms with E-state index in [2.05, 4.69) is 42.2 Å². The predicted octanol–water partition coefficient (Wildman–Crippen LogP) is 3.93. The highest BCUT2D eigenvalue weighted by atomic mass is 79.9. The van der Waals surface area contributed by atoms with Gasteiger partial charge in [0.15, 0.2) is 5.13 Å². The van der Waals surface area contributed by atoms with Crippen LogP contribution in [0.4, 0.5) is 5.13 Å². The average molecular weight is 392 g/mol. The van der Waals surface area contributed by atoms with Gasteiger partial charge in [-0.2, -0.15) is 0 Å². The van der Waals surface area contributed by atoms with E-state index in [0.29, 0.717) is 14.1 Å². The molecule has 1 aromatic carbocycles. The Kier molecular flexibility index (Phi) is 4.04. The maximum absolute atomic E-state index is 12.0. The maximum Gasteiger partial charge on any atom is 0.261 e. The fraction of sp³-hybridized carbons (Fsp3) is 0.0909. The predicted molar refractivity (Wildman–Crippen MR) is 78.3 cm³/mol. The van der Waals surface area contributed by atoms with Crippen LogP contribution >= 0.6 is 43.2 Å². The summed E-state index contributed by atoms with van der Waals surface area (Å²) >= 11 is 7.79. The Balaban J connectivity index is 2.29. The highest BCUT2D eigenvalue weighted by Gasteiger charge is 2.16. The third-order valence-electron chi connectivity index (χ3n) is 2.11. The summed E-state index contributed by atoms with van der Waals surface area (Å²) < 4.78 is 1.16. The molecular weight excluding hydrogens is 384 g/mol. The summed E-state index contributed by atoms with van der Waals surface area (Å²) in [5.74, 6) is -0.493. The van der Waals surface area contributed by atoms with E-state index in [1.807, 2.05) is 12.3 Å². The molecular formula is C11H8Br2N2O2S. The summed E-state index contributed by atoms with van der Waals surface area (Å²) in [6, 6.07) is 3.22. The van der Waals surface area contributed by atoms with Crippen molar-refractivity contribution in [1.29, 1.82) is 0 Å². The number of rotatable bonds is 2. The first-order valence-corrected chi connectivity index (χ1v) is 7.35. The van der Waals surface area contributed by atoms with Crippen LogP contribution in [0.1, 0.15) is 16.1 Å². The number of nitrogens with one attached hydrogen (secondary N) is 1. The van der Waals surface area contributed by atoms with Gasteiger partial charge < -0.3 is 5.11 Å². The fourth-order valence-electron chi connectivity index (χ4n) is 1.31. The molecule has 0 spiro atoms. The third kappa shape index (κ3) is 2.90. The second-order valence-corrected chi connectivity index (χ2v) is 6.16. The normalized spacial score (nSPS) is 10.4. The Morgan fingerprint density at radius 1 is 1.44 bits per heavy atom. The van der Waals surface area contributed by atoms with Gasteiger partial charge in [-0.05, 0) is 35.0 Å². The van der Waals surface area contributed by atoms with Crippen molar-refractivity contribution in [3.8, 4) is 5.75 Å². The van der Waals surface area contributed by atoms with Crippen molar-refractivity contribution < 1.29 is 9.90 Å². The number of aromatic nitrogens is 1. The zero-order valence-corrected chi connectivity index (χ0v) is 13.2. The molecule has 18 heavy (non-hydrogen) atoms. The third-order valence-corrected chi connectivity index (χ3v) is 4.05.